The zero-order valence-electron chi connectivity index (χ0n) is 15.7. The molecule has 3 rings (SSSR count). The molecule has 0 bridgehead atoms. The summed E-state index contributed by atoms with van der Waals surface area (Å²) in [6.07, 6.45) is 6.21. The van der Waals surface area contributed by atoms with Crippen LogP contribution in [0.4, 0.5) is 5.82 Å². The topological polar surface area (TPSA) is 73.2 Å². The van der Waals surface area contributed by atoms with Crippen molar-refractivity contribution in [3.8, 4) is 0 Å². The first-order chi connectivity index (χ1) is 13.0. The zero-order chi connectivity index (χ0) is 19.2. The lowest BCUT2D eigenvalue weighted by Crippen LogP contribution is -2.23. The fourth-order valence-electron chi connectivity index (χ4n) is 3.32. The molecule has 0 spiro atoms. The number of anilines is 1. The van der Waals surface area contributed by atoms with Crippen LogP contribution in [0.25, 0.3) is 0 Å². The van der Waals surface area contributed by atoms with Crippen LogP contribution in [0.1, 0.15) is 42.9 Å². The largest absolute Gasteiger partial charge is 0.455 e. The highest BCUT2D eigenvalue weighted by Gasteiger charge is 2.20. The molecule has 1 N–H and O–H groups in total. The van der Waals surface area contributed by atoms with Crippen LogP contribution in [0.5, 0.6) is 0 Å². The summed E-state index contributed by atoms with van der Waals surface area (Å²) in [7, 11) is 0. The van der Waals surface area contributed by atoms with Gasteiger partial charge in [-0.1, -0.05) is 30.5 Å². The smallest absolute Gasteiger partial charge is 0.316 e. The number of hydrogen-bond acceptors (Lipinski definition) is 5. The Hall–Kier alpha value is -2.28. The summed E-state index contributed by atoms with van der Waals surface area (Å²) in [6, 6.07) is 8.20. The Morgan fingerprint density at radius 2 is 2.04 bits per heavy atom. The van der Waals surface area contributed by atoms with Gasteiger partial charge in [0.2, 0.25) is 0 Å². The van der Waals surface area contributed by atoms with Gasteiger partial charge in [0.15, 0.2) is 6.61 Å². The van der Waals surface area contributed by atoms with Crippen LogP contribution in [-0.4, -0.2) is 34.0 Å². The summed E-state index contributed by atoms with van der Waals surface area (Å²) < 4.78 is 6.97. The summed E-state index contributed by atoms with van der Waals surface area (Å²) in [6.45, 7) is 3.76. The van der Waals surface area contributed by atoms with E-state index in [4.69, 9.17) is 4.74 Å². The lowest BCUT2D eigenvalue weighted by Gasteiger charge is -2.14. The van der Waals surface area contributed by atoms with Crippen LogP contribution in [0.2, 0.25) is 0 Å². The third kappa shape index (κ3) is 5.35. The van der Waals surface area contributed by atoms with Crippen molar-refractivity contribution in [2.24, 2.45) is 0 Å². The number of benzene rings is 1. The fraction of sp³-hybridized carbons (Fsp3) is 0.450. The van der Waals surface area contributed by atoms with Crippen molar-refractivity contribution in [3.63, 3.8) is 0 Å². The van der Waals surface area contributed by atoms with Crippen LogP contribution in [-0.2, 0) is 14.3 Å². The summed E-state index contributed by atoms with van der Waals surface area (Å²) >= 11 is 1.42. The third-order valence-corrected chi connectivity index (χ3v) is 5.80. The molecule has 0 saturated heterocycles. The second-order valence-electron chi connectivity index (χ2n) is 6.87. The van der Waals surface area contributed by atoms with Crippen LogP contribution in [0, 0.1) is 13.8 Å². The van der Waals surface area contributed by atoms with Gasteiger partial charge >= 0.3 is 5.97 Å². The predicted molar refractivity (Wildman–Crippen MR) is 106 cm³/mol. The zero-order valence-corrected chi connectivity index (χ0v) is 16.6. The van der Waals surface area contributed by atoms with E-state index in [0.29, 0.717) is 11.9 Å². The molecule has 0 aliphatic heterocycles. The number of aryl methyl sites for hydroxylation is 2. The number of aromatic nitrogens is 2. The van der Waals surface area contributed by atoms with Crippen molar-refractivity contribution in [2.45, 2.75) is 50.5 Å². The van der Waals surface area contributed by atoms with Gasteiger partial charge in [-0.2, -0.15) is 5.10 Å². The number of nitrogens with zero attached hydrogens (tertiary/aromatic N) is 2. The lowest BCUT2D eigenvalue weighted by atomic mass is 10.2. The van der Waals surface area contributed by atoms with E-state index < -0.39 is 5.97 Å². The minimum absolute atomic E-state index is 0.178. The molecule has 0 atom stereocenters. The van der Waals surface area contributed by atoms with Gasteiger partial charge in [0.25, 0.3) is 5.91 Å². The Morgan fingerprint density at radius 3 is 2.78 bits per heavy atom. The highest BCUT2D eigenvalue weighted by molar-refractivity contribution is 8.00. The van der Waals surface area contributed by atoms with Gasteiger partial charge in [0.1, 0.15) is 5.82 Å². The number of rotatable bonds is 7. The molecule has 1 aromatic heterocycles. The molecule has 27 heavy (non-hydrogen) atoms. The number of ether oxygens (including phenoxy) is 1. The average Bonchev–Trinajstić information content (AvgIpc) is 3.30. The Morgan fingerprint density at radius 1 is 1.26 bits per heavy atom. The quantitative estimate of drug-likeness (QED) is 0.576. The van der Waals surface area contributed by atoms with E-state index in [0.717, 1.165) is 23.3 Å². The van der Waals surface area contributed by atoms with Crippen LogP contribution >= 0.6 is 11.8 Å². The molecule has 6 nitrogen and oxygen atoms in total. The van der Waals surface area contributed by atoms with E-state index in [1.54, 1.807) is 12.3 Å². The molecule has 1 amide bonds. The van der Waals surface area contributed by atoms with Gasteiger partial charge in [0.05, 0.1) is 18.0 Å². The Balaban J connectivity index is 1.44. The van der Waals surface area contributed by atoms with E-state index in [2.05, 4.69) is 16.5 Å². The number of nitrogens with one attached hydrogen (secondary N) is 1. The van der Waals surface area contributed by atoms with Crippen LogP contribution < -0.4 is 5.32 Å². The minimum atomic E-state index is -0.403. The lowest BCUT2D eigenvalue weighted by molar-refractivity contribution is -0.144. The van der Waals surface area contributed by atoms with Crippen molar-refractivity contribution in [1.82, 2.24) is 9.78 Å². The molecule has 1 fully saturated rings. The van der Waals surface area contributed by atoms with Crippen molar-refractivity contribution in [2.75, 3.05) is 17.7 Å². The molecule has 2 aromatic rings. The number of thioether (sulfide) groups is 1. The van der Waals surface area contributed by atoms with E-state index in [1.807, 2.05) is 30.7 Å². The van der Waals surface area contributed by atoms with Gasteiger partial charge in [-0.05, 0) is 38.3 Å². The van der Waals surface area contributed by atoms with Gasteiger partial charge in [-0.25, -0.2) is 4.68 Å². The van der Waals surface area contributed by atoms with E-state index >= 15 is 0 Å². The van der Waals surface area contributed by atoms with Crippen LogP contribution in [0.3, 0.4) is 0 Å². The van der Waals surface area contributed by atoms with Crippen molar-refractivity contribution in [1.29, 1.82) is 0 Å². The second kappa shape index (κ2) is 9.08. The van der Waals surface area contributed by atoms with E-state index in [-0.39, 0.29) is 18.3 Å². The number of carbonyl (C=O) groups is 2. The Kier molecular flexibility index (Phi) is 6.55. The molecule has 144 valence electrons. The maximum Gasteiger partial charge on any atom is 0.316 e. The third-order valence-electron chi connectivity index (χ3n) is 4.65. The van der Waals surface area contributed by atoms with Crippen molar-refractivity contribution < 1.29 is 14.3 Å². The SMILES string of the molecule is Cc1ccc(SCC(=O)OCC(=O)Nc2ccnn2C2CCCC2)c(C)c1. The normalized spacial score (nSPS) is 14.3. The molecule has 1 heterocycles. The standard InChI is InChI=1S/C20H25N3O3S/c1-14-7-8-17(15(2)11-14)27-13-20(25)26-12-19(24)22-18-9-10-21-23(18)16-5-3-4-6-16/h7-11,16H,3-6,12-13H2,1-2H3,(H,22,24). The summed E-state index contributed by atoms with van der Waals surface area (Å²) in [5.41, 5.74) is 2.32. The number of amides is 1. The molecular weight excluding hydrogens is 362 g/mol. The Bertz CT molecular complexity index is 813. The van der Waals surface area contributed by atoms with Gasteiger partial charge in [0, 0.05) is 11.0 Å². The first-order valence-corrected chi connectivity index (χ1v) is 10.2. The second-order valence-corrected chi connectivity index (χ2v) is 7.88. The molecule has 0 unspecified atom stereocenters. The molecule has 1 saturated carbocycles. The maximum atomic E-state index is 12.1. The maximum absolute atomic E-state index is 12.1. The predicted octanol–water partition coefficient (Wildman–Crippen LogP) is 3.89. The van der Waals surface area contributed by atoms with Gasteiger partial charge in [-0.15, -0.1) is 11.8 Å². The highest BCUT2D eigenvalue weighted by Crippen LogP contribution is 2.31. The monoisotopic (exact) mass is 387 g/mol. The molecule has 0 radical (unpaired) electrons. The summed E-state index contributed by atoms with van der Waals surface area (Å²) in [4.78, 5) is 25.1. The molecule has 1 aliphatic carbocycles. The number of hydrogen-bond donors (Lipinski definition) is 1. The first kappa shape index (κ1) is 19.5. The van der Waals surface area contributed by atoms with Crippen molar-refractivity contribution >= 4 is 29.5 Å². The minimum Gasteiger partial charge on any atom is -0.455 e. The van der Waals surface area contributed by atoms with Crippen molar-refractivity contribution in [3.05, 3.63) is 41.6 Å². The number of carbonyl (C=O) groups excluding carboxylic acids is 2. The number of esters is 1. The summed E-state index contributed by atoms with van der Waals surface area (Å²) in [5.74, 6) is 0.0867. The molecule has 7 heteroatoms. The molecule has 1 aliphatic rings. The fourth-order valence-corrected chi connectivity index (χ4v) is 4.13. The molecule has 1 aromatic carbocycles. The molecular formula is C20H25N3O3S. The Labute approximate surface area is 163 Å². The average molecular weight is 388 g/mol. The van der Waals surface area contributed by atoms with E-state index in [1.165, 1.54) is 30.2 Å². The van der Waals surface area contributed by atoms with Gasteiger partial charge in [-0.3, -0.25) is 9.59 Å². The van der Waals surface area contributed by atoms with E-state index in [9.17, 15) is 9.59 Å². The van der Waals surface area contributed by atoms with Gasteiger partial charge < -0.3 is 10.1 Å². The van der Waals surface area contributed by atoms with Crippen LogP contribution in [0.15, 0.2) is 35.4 Å². The first-order valence-electron chi connectivity index (χ1n) is 9.22. The summed E-state index contributed by atoms with van der Waals surface area (Å²) in [5, 5.41) is 7.10. The highest BCUT2D eigenvalue weighted by atomic mass is 32.2.